The van der Waals surface area contributed by atoms with Crippen molar-refractivity contribution in [2.75, 3.05) is 47.0 Å². The molecule has 0 aromatic rings. The molecule has 6 nitrogen and oxygen atoms in total. The lowest BCUT2D eigenvalue weighted by Gasteiger charge is -2.32. The van der Waals surface area contributed by atoms with Crippen LogP contribution < -0.4 is 5.32 Å². The maximum absolute atomic E-state index is 12.3. The van der Waals surface area contributed by atoms with Crippen molar-refractivity contribution >= 4 is 14.7 Å². The van der Waals surface area contributed by atoms with E-state index in [1.165, 1.54) is 0 Å². The van der Waals surface area contributed by atoms with E-state index in [-0.39, 0.29) is 5.91 Å². The fraction of sp³-hybridized carbons (Fsp3) is 0.929. The molecule has 0 spiro atoms. The second kappa shape index (κ2) is 11.1. The summed E-state index contributed by atoms with van der Waals surface area (Å²) in [6, 6.07) is 0. The van der Waals surface area contributed by atoms with Crippen molar-refractivity contribution in [2.24, 2.45) is 0 Å². The Hall–Kier alpha value is -0.473. The van der Waals surface area contributed by atoms with Gasteiger partial charge in [-0.3, -0.25) is 4.79 Å². The smallest absolute Gasteiger partial charge is 0.373 e. The minimum Gasteiger partial charge on any atom is -0.373 e. The number of hydrogen-bond acceptors (Lipinski definition) is 5. The first-order chi connectivity index (χ1) is 9.93. The van der Waals surface area contributed by atoms with Crippen LogP contribution in [0.4, 0.5) is 0 Å². The van der Waals surface area contributed by atoms with E-state index in [2.05, 4.69) is 10.2 Å². The van der Waals surface area contributed by atoms with Crippen LogP contribution >= 0.6 is 0 Å². The summed E-state index contributed by atoms with van der Waals surface area (Å²) in [5.74, 6) is -0.0595. The average Bonchev–Trinajstić information content (AvgIpc) is 2.43. The fourth-order valence-electron chi connectivity index (χ4n) is 2.02. The molecule has 0 aromatic carbocycles. The molecule has 1 amide bonds. The van der Waals surface area contributed by atoms with Gasteiger partial charge in [0, 0.05) is 26.4 Å². The molecule has 7 heteroatoms. The molecule has 1 atom stereocenters. The minimum absolute atomic E-state index is 0.0595. The summed E-state index contributed by atoms with van der Waals surface area (Å²) in [7, 11) is 1.06. The Labute approximate surface area is 130 Å². The van der Waals surface area contributed by atoms with Crippen molar-refractivity contribution in [3.8, 4) is 0 Å². The molecule has 0 heterocycles. The van der Waals surface area contributed by atoms with Crippen LogP contribution in [0.2, 0.25) is 5.54 Å². The average molecular weight is 321 g/mol. The van der Waals surface area contributed by atoms with Gasteiger partial charge in [-0.15, -0.1) is 0 Å². The van der Waals surface area contributed by atoms with Crippen molar-refractivity contribution in [1.82, 2.24) is 10.2 Å². The van der Waals surface area contributed by atoms with Gasteiger partial charge in [-0.05, 0) is 54.8 Å². The van der Waals surface area contributed by atoms with E-state index in [1.807, 2.05) is 41.8 Å². The van der Waals surface area contributed by atoms with Gasteiger partial charge in [0.15, 0.2) is 0 Å². The number of hydrogen-bond donors (Lipinski definition) is 1. The molecule has 0 aliphatic rings. The molecule has 0 fully saturated rings. The maximum Gasteiger partial charge on any atom is 0.513 e. The van der Waals surface area contributed by atoms with Gasteiger partial charge < -0.3 is 23.5 Å². The van der Waals surface area contributed by atoms with Crippen molar-refractivity contribution in [2.45, 2.75) is 39.7 Å². The molecule has 1 unspecified atom stereocenters. The Morgan fingerprint density at radius 2 is 1.57 bits per heavy atom. The van der Waals surface area contributed by atoms with Crippen molar-refractivity contribution < 1.29 is 18.1 Å². The zero-order valence-corrected chi connectivity index (χ0v) is 15.4. The van der Waals surface area contributed by atoms with Crippen LogP contribution in [-0.2, 0) is 18.1 Å². The number of carbonyl (C=O) groups excluding carboxylic acids is 1. The van der Waals surface area contributed by atoms with Crippen LogP contribution in [0.15, 0.2) is 0 Å². The zero-order valence-electron chi connectivity index (χ0n) is 14.4. The van der Waals surface area contributed by atoms with E-state index >= 15 is 0 Å². The summed E-state index contributed by atoms with van der Waals surface area (Å²) in [5.41, 5.74) is -0.406. The zero-order chi connectivity index (χ0) is 16.3. The summed E-state index contributed by atoms with van der Waals surface area (Å²) in [5, 5.41) is 2.95. The van der Waals surface area contributed by atoms with Gasteiger partial charge in [0.1, 0.15) is 5.54 Å². The Kier molecular flexibility index (Phi) is 10.9. The van der Waals surface area contributed by atoms with Crippen LogP contribution in [0.1, 0.15) is 34.1 Å². The lowest BCUT2D eigenvalue weighted by atomic mass is 10.3. The second-order valence-corrected chi connectivity index (χ2v) is 8.01. The van der Waals surface area contributed by atoms with Crippen molar-refractivity contribution in [1.29, 1.82) is 0 Å². The van der Waals surface area contributed by atoms with Gasteiger partial charge >= 0.3 is 8.80 Å². The van der Waals surface area contributed by atoms with Crippen LogP contribution in [0.3, 0.4) is 0 Å². The Bertz CT molecular complexity index is 273. The van der Waals surface area contributed by atoms with E-state index in [1.54, 1.807) is 0 Å². The molecule has 0 aliphatic carbocycles. The van der Waals surface area contributed by atoms with Gasteiger partial charge in [-0.2, -0.15) is 0 Å². The quantitative estimate of drug-likeness (QED) is 0.436. The summed E-state index contributed by atoms with van der Waals surface area (Å²) in [6.07, 6.45) is 0.915. The van der Waals surface area contributed by atoms with Crippen molar-refractivity contribution in [3.05, 3.63) is 0 Å². The van der Waals surface area contributed by atoms with E-state index in [4.69, 9.17) is 13.3 Å². The van der Waals surface area contributed by atoms with E-state index in [0.29, 0.717) is 26.4 Å². The normalized spacial score (nSPS) is 13.5. The molecule has 0 rings (SSSR count). The molecule has 21 heavy (non-hydrogen) atoms. The van der Waals surface area contributed by atoms with Crippen LogP contribution in [0.5, 0.6) is 0 Å². The first kappa shape index (κ1) is 20.5. The summed E-state index contributed by atoms with van der Waals surface area (Å²) < 4.78 is 17.3. The van der Waals surface area contributed by atoms with Gasteiger partial charge in [0.05, 0.1) is 0 Å². The highest BCUT2D eigenvalue weighted by Crippen LogP contribution is 2.26. The topological polar surface area (TPSA) is 60.0 Å². The van der Waals surface area contributed by atoms with Crippen LogP contribution in [0.25, 0.3) is 0 Å². The molecule has 0 aromatic heterocycles. The van der Waals surface area contributed by atoms with E-state index < -0.39 is 14.3 Å². The molecule has 0 radical (unpaired) electrons. The lowest BCUT2D eigenvalue weighted by Crippen LogP contribution is -2.54. The van der Waals surface area contributed by atoms with Crippen molar-refractivity contribution in [3.63, 3.8) is 0 Å². The SMILES string of the molecule is CCO[Si](OCC)(OCC)C(C)C(=O)NCCCN(C)C. The highest BCUT2D eigenvalue weighted by atomic mass is 28.4. The molecule has 1 N–H and O–H groups in total. The van der Waals surface area contributed by atoms with Gasteiger partial charge in [-0.1, -0.05) is 0 Å². The fourth-order valence-corrected chi connectivity index (χ4v) is 4.65. The highest BCUT2D eigenvalue weighted by molar-refractivity contribution is 6.66. The van der Waals surface area contributed by atoms with E-state index in [0.717, 1.165) is 13.0 Å². The predicted octanol–water partition coefficient (Wildman–Crippen LogP) is 1.49. The minimum atomic E-state index is -2.97. The monoisotopic (exact) mass is 320 g/mol. The number of nitrogens with one attached hydrogen (secondary N) is 1. The van der Waals surface area contributed by atoms with Crippen LogP contribution in [-0.4, -0.2) is 66.6 Å². The Balaban J connectivity index is 4.61. The number of nitrogens with zero attached hydrogens (tertiary/aromatic N) is 1. The predicted molar refractivity (Wildman–Crippen MR) is 86.2 cm³/mol. The summed E-state index contributed by atoms with van der Waals surface area (Å²) in [6.45, 7) is 10.5. The molecular formula is C14H32N2O4Si. The van der Waals surface area contributed by atoms with Gasteiger partial charge in [-0.25, -0.2) is 0 Å². The molecule has 0 bridgehead atoms. The number of carbonyl (C=O) groups is 1. The third-order valence-corrected chi connectivity index (χ3v) is 6.44. The third kappa shape index (κ3) is 7.37. The summed E-state index contributed by atoms with van der Waals surface area (Å²) in [4.78, 5) is 14.4. The molecule has 0 saturated heterocycles. The van der Waals surface area contributed by atoms with Gasteiger partial charge in [0.25, 0.3) is 0 Å². The number of amides is 1. The molecular weight excluding hydrogens is 288 g/mol. The Morgan fingerprint density at radius 3 is 1.95 bits per heavy atom. The number of rotatable bonds is 12. The summed E-state index contributed by atoms with van der Waals surface area (Å²) >= 11 is 0. The molecule has 0 aliphatic heterocycles. The van der Waals surface area contributed by atoms with E-state index in [9.17, 15) is 4.79 Å². The lowest BCUT2D eigenvalue weighted by molar-refractivity contribution is -0.122. The Morgan fingerprint density at radius 1 is 1.10 bits per heavy atom. The highest BCUT2D eigenvalue weighted by Gasteiger charge is 2.50. The second-order valence-electron chi connectivity index (χ2n) is 5.07. The maximum atomic E-state index is 12.3. The van der Waals surface area contributed by atoms with Crippen LogP contribution in [0, 0.1) is 0 Å². The van der Waals surface area contributed by atoms with Gasteiger partial charge in [0.2, 0.25) is 5.91 Å². The largest absolute Gasteiger partial charge is 0.513 e. The standard InChI is InChI=1S/C14H32N2O4Si/c1-7-18-21(19-8-2,20-9-3)13(4)14(17)15-11-10-12-16(5)6/h13H,7-12H2,1-6H3,(H,15,17). The molecule has 0 saturated carbocycles. The first-order valence-corrected chi connectivity index (χ1v) is 9.57. The first-order valence-electron chi connectivity index (χ1n) is 7.77. The third-order valence-electron chi connectivity index (χ3n) is 3.04. The molecule has 126 valence electrons.